The van der Waals surface area contributed by atoms with Gasteiger partial charge in [0, 0.05) is 6.20 Å². The van der Waals surface area contributed by atoms with E-state index in [4.69, 9.17) is 9.84 Å². The molecule has 2 unspecified atom stereocenters. The van der Waals surface area contributed by atoms with Crippen molar-refractivity contribution in [3.05, 3.63) is 18.0 Å². The number of carboxylic acids is 1. The molecular formula is C14H20N2O3. The first-order valence-electron chi connectivity index (χ1n) is 6.59. The molecule has 1 heterocycles. The van der Waals surface area contributed by atoms with Crippen LogP contribution in [0.25, 0.3) is 0 Å². The summed E-state index contributed by atoms with van der Waals surface area (Å²) < 4.78 is 5.77. The van der Waals surface area contributed by atoms with Gasteiger partial charge in [0.2, 0.25) is 0 Å². The summed E-state index contributed by atoms with van der Waals surface area (Å²) in [5, 5.41) is 8.89. The molecule has 0 saturated heterocycles. The first kappa shape index (κ1) is 13.8. The molecule has 5 nitrogen and oxygen atoms in total. The molecule has 1 N–H and O–H groups in total. The van der Waals surface area contributed by atoms with Crippen LogP contribution in [0.4, 0.5) is 0 Å². The molecule has 1 aromatic rings. The van der Waals surface area contributed by atoms with Gasteiger partial charge >= 0.3 is 12.0 Å². The maximum Gasteiger partial charge on any atom is 0.354 e. The lowest BCUT2D eigenvalue weighted by atomic mass is 9.71. The lowest BCUT2D eigenvalue weighted by Gasteiger charge is -2.38. The third kappa shape index (κ3) is 3.66. The van der Waals surface area contributed by atoms with E-state index in [1.807, 2.05) is 0 Å². The highest BCUT2D eigenvalue weighted by Gasteiger charge is 2.33. The lowest BCUT2D eigenvalue weighted by molar-refractivity contribution is 0.0489. The van der Waals surface area contributed by atoms with Gasteiger partial charge in [-0.15, -0.1) is 0 Å². The van der Waals surface area contributed by atoms with Crippen molar-refractivity contribution >= 4 is 5.97 Å². The number of ether oxygens (including phenoxy) is 1. The van der Waals surface area contributed by atoms with Crippen molar-refractivity contribution in [1.29, 1.82) is 0 Å². The van der Waals surface area contributed by atoms with Crippen LogP contribution in [0.2, 0.25) is 0 Å². The molecule has 19 heavy (non-hydrogen) atoms. The van der Waals surface area contributed by atoms with Gasteiger partial charge in [0.25, 0.3) is 0 Å². The Balaban J connectivity index is 2.08. The van der Waals surface area contributed by atoms with Gasteiger partial charge in [0.1, 0.15) is 6.10 Å². The predicted octanol–water partition coefficient (Wildman–Crippen LogP) is 2.77. The van der Waals surface area contributed by atoms with Gasteiger partial charge in [-0.3, -0.25) is 0 Å². The van der Waals surface area contributed by atoms with E-state index in [0.717, 1.165) is 12.8 Å². The molecule has 2 rings (SSSR count). The van der Waals surface area contributed by atoms with Crippen molar-refractivity contribution in [2.45, 2.75) is 46.1 Å². The Morgan fingerprint density at radius 2 is 2.21 bits per heavy atom. The van der Waals surface area contributed by atoms with Crippen LogP contribution in [-0.2, 0) is 0 Å². The number of hydrogen-bond acceptors (Lipinski definition) is 4. The van der Waals surface area contributed by atoms with Crippen LogP contribution in [-0.4, -0.2) is 27.1 Å². The van der Waals surface area contributed by atoms with Crippen LogP contribution in [0, 0.1) is 11.3 Å². The van der Waals surface area contributed by atoms with Crippen LogP contribution in [0.5, 0.6) is 6.01 Å². The molecule has 2 atom stereocenters. The molecule has 1 saturated carbocycles. The Morgan fingerprint density at radius 1 is 1.47 bits per heavy atom. The summed E-state index contributed by atoms with van der Waals surface area (Å²) >= 11 is 0. The van der Waals surface area contributed by atoms with E-state index in [1.54, 1.807) is 0 Å². The molecule has 0 spiro atoms. The highest BCUT2D eigenvalue weighted by atomic mass is 16.5. The number of rotatable bonds is 3. The van der Waals surface area contributed by atoms with E-state index < -0.39 is 5.97 Å². The predicted molar refractivity (Wildman–Crippen MR) is 70.2 cm³/mol. The largest absolute Gasteiger partial charge is 0.477 e. The lowest BCUT2D eigenvalue weighted by Crippen LogP contribution is -2.34. The summed E-state index contributed by atoms with van der Waals surface area (Å²) in [7, 11) is 0. The van der Waals surface area contributed by atoms with Crippen LogP contribution in [0.1, 0.15) is 50.5 Å². The molecule has 0 radical (unpaired) electrons. The molecule has 1 fully saturated rings. The number of carbonyl (C=O) groups is 1. The molecule has 1 aliphatic carbocycles. The van der Waals surface area contributed by atoms with Gasteiger partial charge in [0.05, 0.1) is 0 Å². The fourth-order valence-electron chi connectivity index (χ4n) is 3.01. The molecule has 1 aromatic heterocycles. The van der Waals surface area contributed by atoms with Gasteiger partial charge in [-0.1, -0.05) is 20.8 Å². The van der Waals surface area contributed by atoms with Crippen molar-refractivity contribution in [2.75, 3.05) is 0 Å². The second-order valence-electron chi connectivity index (χ2n) is 6.18. The smallest absolute Gasteiger partial charge is 0.354 e. The Morgan fingerprint density at radius 3 is 2.84 bits per heavy atom. The van der Waals surface area contributed by atoms with Crippen molar-refractivity contribution in [1.82, 2.24) is 9.97 Å². The zero-order valence-corrected chi connectivity index (χ0v) is 11.6. The Bertz CT molecular complexity index is 474. The van der Waals surface area contributed by atoms with Gasteiger partial charge in [-0.2, -0.15) is 4.98 Å². The van der Waals surface area contributed by atoms with E-state index in [2.05, 4.69) is 30.7 Å². The monoisotopic (exact) mass is 264 g/mol. The molecule has 0 amide bonds. The molecule has 1 aliphatic rings. The minimum Gasteiger partial charge on any atom is -0.477 e. The van der Waals surface area contributed by atoms with Gasteiger partial charge in [-0.05, 0) is 36.7 Å². The molecule has 0 aromatic carbocycles. The molecule has 0 bridgehead atoms. The van der Waals surface area contributed by atoms with E-state index in [9.17, 15) is 4.79 Å². The molecule has 0 aliphatic heterocycles. The fraction of sp³-hybridized carbons (Fsp3) is 0.643. The van der Waals surface area contributed by atoms with Crippen molar-refractivity contribution in [3.8, 4) is 6.01 Å². The van der Waals surface area contributed by atoms with Gasteiger partial charge in [-0.25, -0.2) is 9.78 Å². The third-order valence-corrected chi connectivity index (χ3v) is 3.47. The average molecular weight is 264 g/mol. The SMILES string of the molecule is CC1CC(Oc2nccc(C(=O)O)n2)CC(C)(C)C1. The summed E-state index contributed by atoms with van der Waals surface area (Å²) in [5.41, 5.74) is 0.209. The van der Waals surface area contributed by atoms with Crippen LogP contribution < -0.4 is 4.74 Å². The zero-order valence-electron chi connectivity index (χ0n) is 11.6. The molecular weight excluding hydrogens is 244 g/mol. The second kappa shape index (κ2) is 5.15. The number of aromatic carboxylic acids is 1. The minimum atomic E-state index is -1.07. The topological polar surface area (TPSA) is 72.3 Å². The fourth-order valence-corrected chi connectivity index (χ4v) is 3.01. The number of aromatic nitrogens is 2. The van der Waals surface area contributed by atoms with Crippen molar-refractivity contribution in [3.63, 3.8) is 0 Å². The van der Waals surface area contributed by atoms with Crippen molar-refractivity contribution in [2.24, 2.45) is 11.3 Å². The maximum atomic E-state index is 10.9. The minimum absolute atomic E-state index is 0.0341. The first-order valence-corrected chi connectivity index (χ1v) is 6.59. The Hall–Kier alpha value is -1.65. The summed E-state index contributed by atoms with van der Waals surface area (Å²) in [6, 6.07) is 1.53. The number of nitrogens with zero attached hydrogens (tertiary/aromatic N) is 2. The summed E-state index contributed by atoms with van der Waals surface area (Å²) in [6.07, 6.45) is 4.57. The second-order valence-corrected chi connectivity index (χ2v) is 6.18. The van der Waals surface area contributed by atoms with E-state index in [0.29, 0.717) is 5.92 Å². The van der Waals surface area contributed by atoms with Crippen molar-refractivity contribution < 1.29 is 14.6 Å². The Labute approximate surface area is 113 Å². The van der Waals surface area contributed by atoms with E-state index in [1.165, 1.54) is 18.7 Å². The maximum absolute atomic E-state index is 10.9. The standard InChI is InChI=1S/C14H20N2O3/c1-9-6-10(8-14(2,3)7-9)19-13-15-5-4-11(16-13)12(17)18/h4-5,9-10H,6-8H2,1-3H3,(H,17,18). The summed E-state index contributed by atoms with van der Waals surface area (Å²) in [5.74, 6) is -0.471. The van der Waals surface area contributed by atoms with Crippen LogP contribution in [0.3, 0.4) is 0 Å². The average Bonchev–Trinajstić information content (AvgIpc) is 2.26. The highest BCUT2D eigenvalue weighted by Crippen LogP contribution is 2.39. The number of hydrogen-bond donors (Lipinski definition) is 1. The van der Waals surface area contributed by atoms with Gasteiger partial charge in [0.15, 0.2) is 5.69 Å². The van der Waals surface area contributed by atoms with Crippen LogP contribution >= 0.6 is 0 Å². The third-order valence-electron chi connectivity index (χ3n) is 3.47. The van der Waals surface area contributed by atoms with Crippen LogP contribution in [0.15, 0.2) is 12.3 Å². The van der Waals surface area contributed by atoms with E-state index >= 15 is 0 Å². The normalized spacial score (nSPS) is 25.8. The molecule has 104 valence electrons. The Kier molecular flexibility index (Phi) is 3.73. The number of carboxylic acid groups (broad SMARTS) is 1. The summed E-state index contributed by atoms with van der Waals surface area (Å²) in [4.78, 5) is 18.8. The zero-order chi connectivity index (χ0) is 14.0. The van der Waals surface area contributed by atoms with Gasteiger partial charge < -0.3 is 9.84 Å². The summed E-state index contributed by atoms with van der Waals surface area (Å²) in [6.45, 7) is 6.67. The first-order chi connectivity index (χ1) is 8.85. The highest BCUT2D eigenvalue weighted by molar-refractivity contribution is 5.85. The van der Waals surface area contributed by atoms with E-state index in [-0.39, 0.29) is 23.2 Å². The molecule has 5 heteroatoms. The quantitative estimate of drug-likeness (QED) is 0.908.